The smallest absolute Gasteiger partial charge is 0.235 e. The molecule has 2 heterocycles. The van der Waals surface area contributed by atoms with Crippen molar-refractivity contribution in [3.63, 3.8) is 0 Å². The fourth-order valence-corrected chi connectivity index (χ4v) is 5.62. The number of para-hydroxylation sites is 1. The molecule has 1 amide bonds. The van der Waals surface area contributed by atoms with E-state index in [9.17, 15) is 4.79 Å². The van der Waals surface area contributed by atoms with Gasteiger partial charge in [-0.05, 0) is 43.7 Å². The van der Waals surface area contributed by atoms with Gasteiger partial charge in [-0.2, -0.15) is 0 Å². The quantitative estimate of drug-likeness (QED) is 0.504. The lowest BCUT2D eigenvalue weighted by atomic mass is 10.2. The Morgan fingerprint density at radius 1 is 1.10 bits per heavy atom. The molecule has 0 spiro atoms. The molecule has 0 aliphatic carbocycles. The number of hydrogen-bond acceptors (Lipinski definition) is 7. The van der Waals surface area contributed by atoms with E-state index in [1.807, 2.05) is 55.1 Å². The van der Waals surface area contributed by atoms with Crippen LogP contribution in [0.1, 0.15) is 12.5 Å². The van der Waals surface area contributed by atoms with Crippen LogP contribution in [-0.4, -0.2) is 52.4 Å². The first-order chi connectivity index (χ1) is 15.0. The summed E-state index contributed by atoms with van der Waals surface area (Å²) in [6.07, 6.45) is 0. The number of anilines is 3. The number of aromatic nitrogens is 2. The van der Waals surface area contributed by atoms with Gasteiger partial charge in [0.1, 0.15) is 0 Å². The van der Waals surface area contributed by atoms with Gasteiger partial charge in [-0.15, -0.1) is 10.2 Å². The number of hydrogen-bond donors (Lipinski definition) is 1. The van der Waals surface area contributed by atoms with E-state index in [0.717, 1.165) is 41.8 Å². The van der Waals surface area contributed by atoms with Gasteiger partial charge < -0.3 is 15.1 Å². The lowest BCUT2D eigenvalue weighted by molar-refractivity contribution is -0.130. The van der Waals surface area contributed by atoms with Gasteiger partial charge in [0.15, 0.2) is 4.34 Å². The maximum absolute atomic E-state index is 12.9. The average Bonchev–Trinajstić information content (AvgIpc) is 3.24. The molecule has 0 bridgehead atoms. The van der Waals surface area contributed by atoms with Crippen molar-refractivity contribution in [3.05, 3.63) is 59.1 Å². The molecule has 1 atom stereocenters. The first-order valence-electron chi connectivity index (χ1n) is 10.1. The van der Waals surface area contributed by atoms with Crippen LogP contribution in [0.3, 0.4) is 0 Å². The van der Waals surface area contributed by atoms with E-state index in [2.05, 4.69) is 32.5 Å². The zero-order valence-electron chi connectivity index (χ0n) is 17.4. The highest BCUT2D eigenvalue weighted by Crippen LogP contribution is 2.33. The summed E-state index contributed by atoms with van der Waals surface area (Å²) in [5.41, 5.74) is 3.08. The summed E-state index contributed by atoms with van der Waals surface area (Å²) in [5, 5.41) is 12.9. The fourth-order valence-electron chi connectivity index (χ4n) is 3.45. The first-order valence-corrected chi connectivity index (χ1v) is 12.2. The van der Waals surface area contributed by atoms with Crippen molar-refractivity contribution < 1.29 is 4.79 Å². The first kappa shape index (κ1) is 21.9. The normalized spacial score (nSPS) is 15.1. The maximum Gasteiger partial charge on any atom is 0.235 e. The van der Waals surface area contributed by atoms with Crippen molar-refractivity contribution >= 4 is 57.1 Å². The number of thioether (sulfide) groups is 1. The van der Waals surface area contributed by atoms with Gasteiger partial charge in [0, 0.05) is 42.6 Å². The highest BCUT2D eigenvalue weighted by molar-refractivity contribution is 8.02. The van der Waals surface area contributed by atoms with Crippen molar-refractivity contribution in [1.82, 2.24) is 15.1 Å². The van der Waals surface area contributed by atoms with Crippen LogP contribution in [0, 0.1) is 6.92 Å². The van der Waals surface area contributed by atoms with E-state index in [-0.39, 0.29) is 11.2 Å². The topological polar surface area (TPSA) is 61.4 Å². The summed E-state index contributed by atoms with van der Waals surface area (Å²) >= 11 is 9.08. The van der Waals surface area contributed by atoms with Crippen molar-refractivity contribution in [2.75, 3.05) is 36.4 Å². The minimum Gasteiger partial charge on any atom is -0.368 e. The number of carbonyl (C=O) groups excluding carboxylic acids is 1. The number of nitrogens with one attached hydrogen (secondary N) is 1. The van der Waals surface area contributed by atoms with Gasteiger partial charge in [-0.25, -0.2) is 0 Å². The molecule has 0 radical (unpaired) electrons. The third-order valence-electron chi connectivity index (χ3n) is 5.25. The Bertz CT molecular complexity index is 1040. The lowest BCUT2D eigenvalue weighted by Gasteiger charge is -2.37. The third-order valence-corrected chi connectivity index (χ3v) is 7.67. The van der Waals surface area contributed by atoms with Crippen LogP contribution < -0.4 is 10.2 Å². The minimum absolute atomic E-state index is 0.146. The molecule has 1 N–H and O–H groups in total. The van der Waals surface area contributed by atoms with Crippen LogP contribution in [0.5, 0.6) is 0 Å². The third kappa shape index (κ3) is 5.31. The summed E-state index contributed by atoms with van der Waals surface area (Å²) in [6, 6.07) is 16.0. The Morgan fingerprint density at radius 2 is 1.84 bits per heavy atom. The van der Waals surface area contributed by atoms with Crippen molar-refractivity contribution in [1.29, 1.82) is 0 Å². The molecule has 2 aromatic carbocycles. The lowest BCUT2D eigenvalue weighted by Crippen LogP contribution is -2.50. The van der Waals surface area contributed by atoms with E-state index in [4.69, 9.17) is 11.6 Å². The molecule has 1 aromatic heterocycles. The predicted molar refractivity (Wildman–Crippen MR) is 130 cm³/mol. The molecule has 1 fully saturated rings. The second kappa shape index (κ2) is 9.89. The molecular weight excluding hydrogens is 450 g/mol. The van der Waals surface area contributed by atoms with Crippen molar-refractivity contribution in [2.24, 2.45) is 0 Å². The number of carbonyl (C=O) groups is 1. The number of benzene rings is 2. The van der Waals surface area contributed by atoms with Crippen molar-refractivity contribution in [3.8, 4) is 0 Å². The number of nitrogens with zero attached hydrogens (tertiary/aromatic N) is 4. The monoisotopic (exact) mass is 473 g/mol. The molecule has 162 valence electrons. The molecular formula is C22H24ClN5OS2. The predicted octanol–water partition coefficient (Wildman–Crippen LogP) is 5.07. The van der Waals surface area contributed by atoms with Crippen LogP contribution in [-0.2, 0) is 4.79 Å². The highest BCUT2D eigenvalue weighted by atomic mass is 35.5. The summed E-state index contributed by atoms with van der Waals surface area (Å²) in [6.45, 7) is 7.05. The Hall–Kier alpha value is -2.29. The Morgan fingerprint density at radius 3 is 2.58 bits per heavy atom. The van der Waals surface area contributed by atoms with E-state index in [1.165, 1.54) is 28.8 Å². The van der Waals surface area contributed by atoms with Crippen LogP contribution in [0.15, 0.2) is 52.9 Å². The van der Waals surface area contributed by atoms with Crippen LogP contribution in [0.25, 0.3) is 0 Å². The average molecular weight is 474 g/mol. The van der Waals surface area contributed by atoms with Crippen LogP contribution >= 0.6 is 34.7 Å². The largest absolute Gasteiger partial charge is 0.368 e. The van der Waals surface area contributed by atoms with Gasteiger partial charge in [0.05, 0.1) is 5.25 Å². The SMILES string of the molecule is Cc1c(Cl)cccc1Nc1nnc(SC(C)C(=O)N2CCN(c3ccccc3)CC2)s1. The molecule has 1 aliphatic rings. The van der Waals surface area contributed by atoms with E-state index in [1.54, 1.807) is 0 Å². The maximum atomic E-state index is 12.9. The second-order valence-corrected chi connectivity index (χ2v) is 10.3. The molecule has 6 nitrogen and oxygen atoms in total. The number of halogens is 1. The Labute approximate surface area is 195 Å². The standard InChI is InChI=1S/C22H24ClN5OS2/c1-15-18(23)9-6-10-19(15)24-21-25-26-22(31-21)30-16(2)20(29)28-13-11-27(12-14-28)17-7-4-3-5-8-17/h3-10,16H,11-14H2,1-2H3,(H,24,25). The zero-order chi connectivity index (χ0) is 21.8. The molecule has 1 saturated heterocycles. The molecule has 1 unspecified atom stereocenters. The Balaban J connectivity index is 1.31. The van der Waals surface area contributed by atoms with Gasteiger partial charge in [-0.3, -0.25) is 4.79 Å². The number of piperazine rings is 1. The van der Waals surface area contributed by atoms with Crippen LogP contribution in [0.2, 0.25) is 5.02 Å². The van der Waals surface area contributed by atoms with Gasteiger partial charge in [0.25, 0.3) is 0 Å². The molecule has 1 aliphatic heterocycles. The van der Waals surface area contributed by atoms with E-state index in [0.29, 0.717) is 10.2 Å². The van der Waals surface area contributed by atoms with Gasteiger partial charge >= 0.3 is 0 Å². The fraction of sp³-hybridized carbons (Fsp3) is 0.318. The molecule has 3 aromatic rings. The number of amides is 1. The van der Waals surface area contributed by atoms with Crippen molar-refractivity contribution in [2.45, 2.75) is 23.4 Å². The summed E-state index contributed by atoms with van der Waals surface area (Å²) in [4.78, 5) is 17.2. The minimum atomic E-state index is -0.211. The second-order valence-electron chi connectivity index (χ2n) is 7.32. The highest BCUT2D eigenvalue weighted by Gasteiger charge is 2.26. The summed E-state index contributed by atoms with van der Waals surface area (Å²) < 4.78 is 0.769. The van der Waals surface area contributed by atoms with Gasteiger partial charge in [-0.1, -0.05) is 59.0 Å². The molecule has 31 heavy (non-hydrogen) atoms. The summed E-state index contributed by atoms with van der Waals surface area (Å²) in [5.74, 6) is 0.146. The molecule has 9 heteroatoms. The Kier molecular flexibility index (Phi) is 6.99. The molecule has 4 rings (SSSR count). The number of rotatable bonds is 6. The van der Waals surface area contributed by atoms with E-state index < -0.39 is 0 Å². The zero-order valence-corrected chi connectivity index (χ0v) is 19.8. The molecule has 0 saturated carbocycles. The summed E-state index contributed by atoms with van der Waals surface area (Å²) in [7, 11) is 0. The van der Waals surface area contributed by atoms with Crippen LogP contribution in [0.4, 0.5) is 16.5 Å². The van der Waals surface area contributed by atoms with Gasteiger partial charge in [0.2, 0.25) is 11.0 Å². The van der Waals surface area contributed by atoms with E-state index >= 15 is 0 Å².